The third-order valence-electron chi connectivity index (χ3n) is 3.36. The maximum atomic E-state index is 6.06. The molecule has 0 aliphatic heterocycles. The minimum Gasteiger partial charge on any atom is -0.489 e. The van der Waals surface area contributed by atoms with Gasteiger partial charge in [-0.3, -0.25) is 0 Å². The SMILES string of the molecule is ClC1(Cl)C[C@@H]1c1ccc(OCc2ccccc2)cc1. The zero-order valence-electron chi connectivity index (χ0n) is 10.4. The summed E-state index contributed by atoms with van der Waals surface area (Å²) in [6.45, 7) is 0.582. The predicted octanol–water partition coefficient (Wildman–Crippen LogP) is 4.93. The number of benzene rings is 2. The number of rotatable bonds is 4. The van der Waals surface area contributed by atoms with Crippen LogP contribution < -0.4 is 4.74 Å². The molecule has 0 radical (unpaired) electrons. The molecular weight excluding hydrogens is 279 g/mol. The van der Waals surface area contributed by atoms with E-state index in [1.165, 1.54) is 5.56 Å². The summed E-state index contributed by atoms with van der Waals surface area (Å²) < 4.78 is 5.17. The second-order valence-corrected chi connectivity index (χ2v) is 6.40. The molecule has 0 aromatic heterocycles. The Morgan fingerprint density at radius 1 is 1.00 bits per heavy atom. The third-order valence-corrected chi connectivity index (χ3v) is 4.19. The molecule has 1 atom stereocenters. The molecule has 98 valence electrons. The van der Waals surface area contributed by atoms with Gasteiger partial charge in [-0.15, -0.1) is 23.2 Å². The van der Waals surface area contributed by atoms with Crippen molar-refractivity contribution in [3.63, 3.8) is 0 Å². The number of hydrogen-bond acceptors (Lipinski definition) is 1. The van der Waals surface area contributed by atoms with Crippen molar-refractivity contribution in [2.24, 2.45) is 0 Å². The van der Waals surface area contributed by atoms with Crippen LogP contribution in [0.25, 0.3) is 0 Å². The topological polar surface area (TPSA) is 9.23 Å². The van der Waals surface area contributed by atoms with Gasteiger partial charge in [0.05, 0.1) is 0 Å². The van der Waals surface area contributed by atoms with Gasteiger partial charge in [0, 0.05) is 5.92 Å². The van der Waals surface area contributed by atoms with Gasteiger partial charge in [0.25, 0.3) is 0 Å². The van der Waals surface area contributed by atoms with Crippen molar-refractivity contribution in [2.45, 2.75) is 23.3 Å². The van der Waals surface area contributed by atoms with Gasteiger partial charge in [-0.25, -0.2) is 0 Å². The maximum Gasteiger partial charge on any atom is 0.125 e. The molecule has 0 bridgehead atoms. The summed E-state index contributed by atoms with van der Waals surface area (Å²) in [5, 5.41) is 0. The molecule has 2 aromatic carbocycles. The lowest BCUT2D eigenvalue weighted by Crippen LogP contribution is -1.95. The largest absolute Gasteiger partial charge is 0.489 e. The van der Waals surface area contributed by atoms with E-state index in [-0.39, 0.29) is 5.92 Å². The quantitative estimate of drug-likeness (QED) is 0.726. The van der Waals surface area contributed by atoms with Crippen molar-refractivity contribution >= 4 is 23.2 Å². The third kappa shape index (κ3) is 3.05. The van der Waals surface area contributed by atoms with Gasteiger partial charge in [0.1, 0.15) is 16.7 Å². The highest BCUT2D eigenvalue weighted by atomic mass is 35.5. The van der Waals surface area contributed by atoms with E-state index in [2.05, 4.69) is 0 Å². The summed E-state index contributed by atoms with van der Waals surface area (Å²) in [6.07, 6.45) is 0.834. The van der Waals surface area contributed by atoms with Crippen LogP contribution in [-0.4, -0.2) is 4.33 Å². The number of alkyl halides is 2. The second kappa shape index (κ2) is 5.07. The molecule has 3 heteroatoms. The standard InChI is InChI=1S/C16H14Cl2O/c17-16(18)10-15(16)13-6-8-14(9-7-13)19-11-12-4-2-1-3-5-12/h1-9,15H,10-11H2/t15-/m1/s1. The highest BCUT2D eigenvalue weighted by Gasteiger charge is 2.52. The van der Waals surface area contributed by atoms with Crippen LogP contribution in [0.15, 0.2) is 54.6 Å². The van der Waals surface area contributed by atoms with Crippen LogP contribution >= 0.6 is 23.2 Å². The average molecular weight is 293 g/mol. The molecule has 0 N–H and O–H groups in total. The molecule has 0 spiro atoms. The summed E-state index contributed by atoms with van der Waals surface area (Å²) in [4.78, 5) is 0. The molecule has 1 aliphatic carbocycles. The van der Waals surface area contributed by atoms with Crippen LogP contribution in [0, 0.1) is 0 Å². The van der Waals surface area contributed by atoms with Crippen molar-refractivity contribution in [2.75, 3.05) is 0 Å². The normalized spacial score (nSPS) is 20.0. The second-order valence-electron chi connectivity index (χ2n) is 4.86. The fraction of sp³-hybridized carbons (Fsp3) is 0.250. The summed E-state index contributed by atoms with van der Waals surface area (Å²) in [5.74, 6) is 1.13. The minimum atomic E-state index is -0.563. The summed E-state index contributed by atoms with van der Waals surface area (Å²) >= 11 is 12.1. The Balaban J connectivity index is 1.61. The van der Waals surface area contributed by atoms with Crippen LogP contribution in [0.4, 0.5) is 0 Å². The zero-order valence-corrected chi connectivity index (χ0v) is 11.9. The van der Waals surface area contributed by atoms with Crippen LogP contribution in [-0.2, 0) is 6.61 Å². The molecule has 0 saturated heterocycles. The summed E-state index contributed by atoms with van der Waals surface area (Å²) in [7, 11) is 0. The Bertz CT molecular complexity index is 549. The van der Waals surface area contributed by atoms with Crippen LogP contribution in [0.2, 0.25) is 0 Å². The molecule has 1 aliphatic rings. The molecule has 0 unspecified atom stereocenters. The first-order valence-corrected chi connectivity index (χ1v) is 7.05. The average Bonchev–Trinajstić information content (AvgIpc) is 3.07. The fourth-order valence-electron chi connectivity index (χ4n) is 2.11. The molecule has 2 aromatic rings. The van der Waals surface area contributed by atoms with Crippen LogP contribution in [0.1, 0.15) is 23.5 Å². The van der Waals surface area contributed by atoms with E-state index in [0.717, 1.165) is 17.7 Å². The van der Waals surface area contributed by atoms with Gasteiger partial charge in [-0.1, -0.05) is 42.5 Å². The van der Waals surface area contributed by atoms with Crippen LogP contribution in [0.3, 0.4) is 0 Å². The van der Waals surface area contributed by atoms with Crippen molar-refractivity contribution in [1.29, 1.82) is 0 Å². The van der Waals surface area contributed by atoms with Gasteiger partial charge in [0.15, 0.2) is 0 Å². The van der Waals surface area contributed by atoms with Crippen molar-refractivity contribution < 1.29 is 4.74 Å². The highest BCUT2D eigenvalue weighted by Crippen LogP contribution is 2.59. The number of ether oxygens (including phenoxy) is 1. The molecule has 19 heavy (non-hydrogen) atoms. The minimum absolute atomic E-state index is 0.263. The van der Waals surface area contributed by atoms with Gasteiger partial charge in [-0.2, -0.15) is 0 Å². The summed E-state index contributed by atoms with van der Waals surface area (Å²) in [6, 6.07) is 18.1. The van der Waals surface area contributed by atoms with Gasteiger partial charge >= 0.3 is 0 Å². The first-order valence-electron chi connectivity index (χ1n) is 6.30. The first-order chi connectivity index (χ1) is 9.15. The van der Waals surface area contributed by atoms with E-state index in [0.29, 0.717) is 6.61 Å². The Morgan fingerprint density at radius 2 is 1.63 bits per heavy atom. The lowest BCUT2D eigenvalue weighted by Gasteiger charge is -2.07. The predicted molar refractivity (Wildman–Crippen MR) is 79.0 cm³/mol. The Morgan fingerprint density at radius 3 is 2.21 bits per heavy atom. The fourth-order valence-corrected chi connectivity index (χ4v) is 2.67. The monoisotopic (exact) mass is 292 g/mol. The maximum absolute atomic E-state index is 6.06. The van der Waals surface area contributed by atoms with E-state index < -0.39 is 4.33 Å². The smallest absolute Gasteiger partial charge is 0.125 e. The molecule has 0 amide bonds. The molecule has 1 nitrogen and oxygen atoms in total. The van der Waals surface area contributed by atoms with E-state index in [1.54, 1.807) is 0 Å². The molecule has 0 heterocycles. The summed E-state index contributed by atoms with van der Waals surface area (Å²) in [5.41, 5.74) is 2.34. The molecule has 3 rings (SSSR count). The highest BCUT2D eigenvalue weighted by molar-refractivity contribution is 6.51. The van der Waals surface area contributed by atoms with Gasteiger partial charge < -0.3 is 4.74 Å². The molecular formula is C16H14Cl2O. The lowest BCUT2D eigenvalue weighted by atomic mass is 10.1. The molecule has 1 fully saturated rings. The Kier molecular flexibility index (Phi) is 3.42. The number of hydrogen-bond donors (Lipinski definition) is 0. The van der Waals surface area contributed by atoms with Crippen LogP contribution in [0.5, 0.6) is 5.75 Å². The first kappa shape index (κ1) is 12.8. The Labute approximate surface area is 123 Å². The zero-order chi connectivity index (χ0) is 13.3. The lowest BCUT2D eigenvalue weighted by molar-refractivity contribution is 0.306. The van der Waals surface area contributed by atoms with Crippen molar-refractivity contribution in [1.82, 2.24) is 0 Å². The number of halogens is 2. The van der Waals surface area contributed by atoms with E-state index in [4.69, 9.17) is 27.9 Å². The van der Waals surface area contributed by atoms with E-state index in [1.807, 2.05) is 54.6 Å². The van der Waals surface area contributed by atoms with E-state index in [9.17, 15) is 0 Å². The molecule has 1 saturated carbocycles. The van der Waals surface area contributed by atoms with Gasteiger partial charge in [-0.05, 0) is 29.7 Å². The van der Waals surface area contributed by atoms with Crippen molar-refractivity contribution in [3.8, 4) is 5.75 Å². The van der Waals surface area contributed by atoms with Crippen molar-refractivity contribution in [3.05, 3.63) is 65.7 Å². The Hall–Kier alpha value is -1.18. The van der Waals surface area contributed by atoms with E-state index >= 15 is 0 Å². The van der Waals surface area contributed by atoms with Gasteiger partial charge in [0.2, 0.25) is 0 Å².